The molecule has 0 fully saturated rings. The van der Waals surface area contributed by atoms with Crippen molar-refractivity contribution < 1.29 is 4.79 Å². The second-order valence-corrected chi connectivity index (χ2v) is 5.99. The number of nitrogen functional groups attached to an aromatic ring is 1. The van der Waals surface area contributed by atoms with Crippen LogP contribution in [0.4, 0.5) is 5.13 Å². The Balaban J connectivity index is 2.57. The van der Waals surface area contributed by atoms with Gasteiger partial charge in [0.15, 0.2) is 5.13 Å². The van der Waals surface area contributed by atoms with Gasteiger partial charge in [-0.2, -0.15) is 0 Å². The summed E-state index contributed by atoms with van der Waals surface area (Å²) in [5.41, 5.74) is 5.54. The number of aromatic nitrogens is 1. The van der Waals surface area contributed by atoms with Gasteiger partial charge in [-0.05, 0) is 20.8 Å². The van der Waals surface area contributed by atoms with E-state index in [1.54, 1.807) is 6.20 Å². The van der Waals surface area contributed by atoms with Gasteiger partial charge in [-0.15, -0.1) is 11.8 Å². The van der Waals surface area contributed by atoms with E-state index in [1.807, 2.05) is 25.7 Å². The molecule has 0 saturated carbocycles. The first kappa shape index (κ1) is 13.3. The molecule has 16 heavy (non-hydrogen) atoms. The summed E-state index contributed by atoms with van der Waals surface area (Å²) in [6.45, 7) is 7.41. The first-order valence-corrected chi connectivity index (χ1v) is 6.94. The number of carbonyl (C=O) groups is 1. The Morgan fingerprint density at radius 3 is 2.69 bits per heavy atom. The molecule has 1 rings (SSSR count). The number of hydrogen-bond donors (Lipinski definition) is 1. The van der Waals surface area contributed by atoms with Crippen molar-refractivity contribution in [2.45, 2.75) is 30.2 Å². The molecule has 1 aromatic rings. The van der Waals surface area contributed by atoms with Crippen molar-refractivity contribution in [1.82, 2.24) is 9.88 Å². The Labute approximate surface area is 104 Å². The van der Waals surface area contributed by atoms with E-state index in [4.69, 9.17) is 5.73 Å². The summed E-state index contributed by atoms with van der Waals surface area (Å²) >= 11 is 2.94. The van der Waals surface area contributed by atoms with Crippen molar-refractivity contribution in [3.63, 3.8) is 0 Å². The standard InChI is InChI=1S/C10H17N3OS2/c1-4-13(5-2)9(14)7(3)15-8-6-12-10(11)16-8/h6-7H,4-5H2,1-3H3,(H2,11,12). The molecule has 1 heterocycles. The Kier molecular flexibility index (Phi) is 5.08. The molecule has 0 aliphatic rings. The monoisotopic (exact) mass is 259 g/mol. The predicted octanol–water partition coefficient (Wildman–Crippen LogP) is 2.07. The SMILES string of the molecule is CCN(CC)C(=O)C(C)Sc1cnc(N)s1. The molecule has 0 aliphatic carbocycles. The summed E-state index contributed by atoms with van der Waals surface area (Å²) in [7, 11) is 0. The van der Waals surface area contributed by atoms with E-state index >= 15 is 0 Å². The number of carbonyl (C=O) groups excluding carboxylic acids is 1. The maximum Gasteiger partial charge on any atom is 0.235 e. The zero-order chi connectivity index (χ0) is 12.1. The van der Waals surface area contributed by atoms with Crippen LogP contribution in [0.25, 0.3) is 0 Å². The zero-order valence-electron chi connectivity index (χ0n) is 9.77. The smallest absolute Gasteiger partial charge is 0.235 e. The molecule has 1 aromatic heterocycles. The number of thiazole rings is 1. The lowest BCUT2D eigenvalue weighted by Crippen LogP contribution is -2.36. The normalized spacial score (nSPS) is 12.4. The van der Waals surface area contributed by atoms with Gasteiger partial charge in [-0.1, -0.05) is 11.3 Å². The average molecular weight is 259 g/mol. The van der Waals surface area contributed by atoms with E-state index in [0.717, 1.165) is 17.3 Å². The molecule has 0 bridgehead atoms. The van der Waals surface area contributed by atoms with Gasteiger partial charge >= 0.3 is 0 Å². The van der Waals surface area contributed by atoms with Crippen LogP contribution in [0.15, 0.2) is 10.4 Å². The Morgan fingerprint density at radius 1 is 1.62 bits per heavy atom. The lowest BCUT2D eigenvalue weighted by molar-refractivity contribution is -0.129. The molecule has 4 nitrogen and oxygen atoms in total. The minimum atomic E-state index is -0.0836. The first-order chi connectivity index (χ1) is 7.58. The maximum absolute atomic E-state index is 12.0. The Bertz CT molecular complexity index is 350. The highest BCUT2D eigenvalue weighted by Crippen LogP contribution is 2.30. The fraction of sp³-hybridized carbons (Fsp3) is 0.600. The summed E-state index contributed by atoms with van der Waals surface area (Å²) in [5, 5.41) is 0.463. The fourth-order valence-corrected chi connectivity index (χ4v) is 3.35. The van der Waals surface area contributed by atoms with Crippen molar-refractivity contribution in [2.24, 2.45) is 0 Å². The van der Waals surface area contributed by atoms with Gasteiger partial charge in [0.05, 0.1) is 15.7 Å². The molecule has 0 spiro atoms. The molecular formula is C10H17N3OS2. The molecule has 6 heteroatoms. The molecule has 1 amide bonds. The van der Waals surface area contributed by atoms with Crippen LogP contribution in [-0.2, 0) is 4.79 Å². The molecule has 1 unspecified atom stereocenters. The maximum atomic E-state index is 12.0. The molecule has 2 N–H and O–H groups in total. The quantitative estimate of drug-likeness (QED) is 0.822. The van der Waals surface area contributed by atoms with Crippen LogP contribution in [-0.4, -0.2) is 34.1 Å². The second-order valence-electron chi connectivity index (χ2n) is 3.29. The van der Waals surface area contributed by atoms with Crippen molar-refractivity contribution in [1.29, 1.82) is 0 Å². The number of amides is 1. The van der Waals surface area contributed by atoms with E-state index in [2.05, 4.69) is 4.98 Å². The summed E-state index contributed by atoms with van der Waals surface area (Å²) in [5.74, 6) is 0.168. The van der Waals surface area contributed by atoms with Gasteiger partial charge in [0, 0.05) is 13.1 Å². The molecule has 90 valence electrons. The van der Waals surface area contributed by atoms with Crippen molar-refractivity contribution in [2.75, 3.05) is 18.8 Å². The van der Waals surface area contributed by atoms with Gasteiger partial charge in [-0.3, -0.25) is 4.79 Å². The number of thioether (sulfide) groups is 1. The minimum Gasteiger partial charge on any atom is -0.375 e. The van der Waals surface area contributed by atoms with Crippen LogP contribution < -0.4 is 5.73 Å². The average Bonchev–Trinajstić information content (AvgIpc) is 2.65. The minimum absolute atomic E-state index is 0.0836. The van der Waals surface area contributed by atoms with Gasteiger partial charge < -0.3 is 10.6 Å². The summed E-state index contributed by atoms with van der Waals surface area (Å²) in [6.07, 6.45) is 1.72. The van der Waals surface area contributed by atoms with Crippen LogP contribution >= 0.6 is 23.1 Å². The fourth-order valence-electron chi connectivity index (χ4n) is 1.34. The van der Waals surface area contributed by atoms with Crippen LogP contribution in [0, 0.1) is 0 Å². The van der Waals surface area contributed by atoms with E-state index in [1.165, 1.54) is 23.1 Å². The zero-order valence-corrected chi connectivity index (χ0v) is 11.4. The molecule has 0 aliphatic heterocycles. The Hall–Kier alpha value is -0.750. The number of anilines is 1. The van der Waals surface area contributed by atoms with Gasteiger partial charge in [0.2, 0.25) is 5.91 Å². The molecule has 0 aromatic carbocycles. The lowest BCUT2D eigenvalue weighted by Gasteiger charge is -2.21. The van der Waals surface area contributed by atoms with Crippen molar-refractivity contribution in [3.05, 3.63) is 6.20 Å². The topological polar surface area (TPSA) is 59.2 Å². The number of rotatable bonds is 5. The summed E-state index contributed by atoms with van der Waals surface area (Å²) < 4.78 is 0.991. The third-order valence-electron chi connectivity index (χ3n) is 2.22. The molecule has 0 saturated heterocycles. The number of nitrogens with zero attached hydrogens (tertiary/aromatic N) is 2. The van der Waals surface area contributed by atoms with E-state index in [0.29, 0.717) is 5.13 Å². The molecule has 1 atom stereocenters. The second kappa shape index (κ2) is 6.10. The first-order valence-electron chi connectivity index (χ1n) is 5.25. The van der Waals surface area contributed by atoms with Gasteiger partial charge in [0.1, 0.15) is 0 Å². The van der Waals surface area contributed by atoms with E-state index in [9.17, 15) is 4.79 Å². The van der Waals surface area contributed by atoms with Gasteiger partial charge in [-0.25, -0.2) is 4.98 Å². The van der Waals surface area contributed by atoms with Crippen LogP contribution in [0.1, 0.15) is 20.8 Å². The highest BCUT2D eigenvalue weighted by molar-refractivity contribution is 8.02. The van der Waals surface area contributed by atoms with Crippen molar-refractivity contribution >= 4 is 34.1 Å². The Morgan fingerprint density at radius 2 is 2.25 bits per heavy atom. The molecule has 0 radical (unpaired) electrons. The highest BCUT2D eigenvalue weighted by Gasteiger charge is 2.19. The van der Waals surface area contributed by atoms with Gasteiger partial charge in [0.25, 0.3) is 0 Å². The largest absolute Gasteiger partial charge is 0.375 e. The molecular weight excluding hydrogens is 242 g/mol. The summed E-state index contributed by atoms with van der Waals surface area (Å²) in [4.78, 5) is 17.8. The third-order valence-corrected chi connectivity index (χ3v) is 4.27. The van der Waals surface area contributed by atoms with E-state index < -0.39 is 0 Å². The van der Waals surface area contributed by atoms with E-state index in [-0.39, 0.29) is 11.2 Å². The van der Waals surface area contributed by atoms with Crippen LogP contribution in [0.3, 0.4) is 0 Å². The third kappa shape index (κ3) is 3.38. The van der Waals surface area contributed by atoms with Crippen LogP contribution in [0.2, 0.25) is 0 Å². The number of hydrogen-bond acceptors (Lipinski definition) is 5. The highest BCUT2D eigenvalue weighted by atomic mass is 32.2. The summed E-state index contributed by atoms with van der Waals surface area (Å²) in [6, 6.07) is 0. The number of nitrogens with two attached hydrogens (primary N) is 1. The van der Waals surface area contributed by atoms with Crippen molar-refractivity contribution in [3.8, 4) is 0 Å². The lowest BCUT2D eigenvalue weighted by atomic mass is 10.4. The van der Waals surface area contributed by atoms with Crippen LogP contribution in [0.5, 0.6) is 0 Å². The predicted molar refractivity (Wildman–Crippen MR) is 69.8 cm³/mol.